The number of anilines is 3. The SMILES string of the molecule is c1ccc(N(c2ccc(C3(c4ccccc4)c4ccccc4-c4ccccc43)cc2)c2cccc3c2-c2ccccc2C3(c2ccccc2)c2ccccc2)cc1. The highest BCUT2D eigenvalue weighted by molar-refractivity contribution is 5.97. The summed E-state index contributed by atoms with van der Waals surface area (Å²) in [5.41, 5.74) is 17.8. The Morgan fingerprint density at radius 1 is 0.246 bits per heavy atom. The second-order valence-electron chi connectivity index (χ2n) is 15.2. The van der Waals surface area contributed by atoms with Gasteiger partial charge in [0.25, 0.3) is 0 Å². The summed E-state index contributed by atoms with van der Waals surface area (Å²) in [5, 5.41) is 0. The van der Waals surface area contributed by atoms with E-state index < -0.39 is 10.8 Å². The molecule has 0 aromatic heterocycles. The molecule has 2 aliphatic rings. The van der Waals surface area contributed by atoms with Crippen molar-refractivity contribution < 1.29 is 0 Å². The second-order valence-corrected chi connectivity index (χ2v) is 15.2. The molecule has 0 heterocycles. The fraction of sp³-hybridized carbons (Fsp3) is 0.0357. The topological polar surface area (TPSA) is 3.24 Å². The smallest absolute Gasteiger partial charge is 0.0714 e. The van der Waals surface area contributed by atoms with Crippen molar-refractivity contribution >= 4 is 17.1 Å². The molecule has 0 unspecified atom stereocenters. The molecule has 1 nitrogen and oxygen atoms in total. The fourth-order valence-electron chi connectivity index (χ4n) is 10.2. The summed E-state index contributed by atoms with van der Waals surface area (Å²) in [4.78, 5) is 2.46. The van der Waals surface area contributed by atoms with Crippen LogP contribution in [0.4, 0.5) is 17.1 Å². The van der Waals surface area contributed by atoms with Crippen molar-refractivity contribution in [3.05, 3.63) is 281 Å². The molecule has 0 bridgehead atoms. The first-order chi connectivity index (χ1) is 28.3. The fourth-order valence-corrected chi connectivity index (χ4v) is 10.2. The van der Waals surface area contributed by atoms with Gasteiger partial charge in [0.2, 0.25) is 0 Å². The molecular formula is C56H39N. The van der Waals surface area contributed by atoms with E-state index in [1.54, 1.807) is 0 Å². The standard InChI is InChI=1S/C56H39N/c1-5-20-40(21-6-1)55(49-31-16-13-28-46(49)47-29-14-17-32-50(47)55)43-36-38-45(39-37-43)57(44-26-11-4-12-27-44)53-35-19-34-52-54(53)48-30-15-18-33-51(48)56(52,41-22-7-2-8-23-41)42-24-9-3-10-25-42/h1-39H. The van der Waals surface area contributed by atoms with Crippen LogP contribution in [-0.4, -0.2) is 0 Å². The van der Waals surface area contributed by atoms with Crippen LogP contribution in [0.15, 0.2) is 237 Å². The molecule has 1 heteroatoms. The molecule has 0 aliphatic heterocycles. The van der Waals surface area contributed by atoms with Gasteiger partial charge in [0.05, 0.1) is 16.5 Å². The van der Waals surface area contributed by atoms with Gasteiger partial charge in [-0.3, -0.25) is 0 Å². The summed E-state index contributed by atoms with van der Waals surface area (Å²) < 4.78 is 0. The molecular weight excluding hydrogens is 687 g/mol. The summed E-state index contributed by atoms with van der Waals surface area (Å²) in [7, 11) is 0. The predicted octanol–water partition coefficient (Wildman–Crippen LogP) is 13.9. The number of fused-ring (bicyclic) bond motifs is 6. The van der Waals surface area contributed by atoms with E-state index in [0.29, 0.717) is 0 Å². The minimum atomic E-state index is -0.484. The van der Waals surface area contributed by atoms with E-state index in [0.717, 1.165) is 17.1 Å². The lowest BCUT2D eigenvalue weighted by Crippen LogP contribution is -2.28. The van der Waals surface area contributed by atoms with Crippen molar-refractivity contribution in [1.82, 2.24) is 0 Å². The van der Waals surface area contributed by atoms with Gasteiger partial charge in [0.1, 0.15) is 0 Å². The molecule has 0 amide bonds. The summed E-state index contributed by atoms with van der Waals surface area (Å²) in [6.45, 7) is 0. The number of nitrogens with zero attached hydrogens (tertiary/aromatic N) is 1. The maximum atomic E-state index is 2.46. The van der Waals surface area contributed by atoms with Crippen molar-refractivity contribution in [1.29, 1.82) is 0 Å². The minimum absolute atomic E-state index is 0.456. The van der Waals surface area contributed by atoms with E-state index in [1.165, 1.54) is 66.8 Å². The predicted molar refractivity (Wildman–Crippen MR) is 236 cm³/mol. The van der Waals surface area contributed by atoms with Crippen LogP contribution in [0.5, 0.6) is 0 Å². The number of para-hydroxylation sites is 1. The van der Waals surface area contributed by atoms with Gasteiger partial charge < -0.3 is 4.90 Å². The number of hydrogen-bond acceptors (Lipinski definition) is 1. The van der Waals surface area contributed by atoms with E-state index in [-0.39, 0.29) is 0 Å². The molecule has 0 atom stereocenters. The molecule has 0 spiro atoms. The highest BCUT2D eigenvalue weighted by atomic mass is 15.1. The van der Waals surface area contributed by atoms with Gasteiger partial charge >= 0.3 is 0 Å². The van der Waals surface area contributed by atoms with Crippen LogP contribution in [0.25, 0.3) is 22.3 Å². The van der Waals surface area contributed by atoms with E-state index in [9.17, 15) is 0 Å². The van der Waals surface area contributed by atoms with Crippen LogP contribution in [0.2, 0.25) is 0 Å². The average Bonchev–Trinajstić information content (AvgIpc) is 3.77. The van der Waals surface area contributed by atoms with E-state index in [2.05, 4.69) is 241 Å². The molecule has 0 N–H and O–H groups in total. The van der Waals surface area contributed by atoms with Crippen LogP contribution in [0, 0.1) is 0 Å². The molecule has 9 aromatic carbocycles. The van der Waals surface area contributed by atoms with Gasteiger partial charge in [-0.25, -0.2) is 0 Å². The maximum absolute atomic E-state index is 2.46. The minimum Gasteiger partial charge on any atom is -0.310 e. The van der Waals surface area contributed by atoms with Crippen LogP contribution >= 0.6 is 0 Å². The molecule has 0 saturated heterocycles. The van der Waals surface area contributed by atoms with Crippen LogP contribution in [0.3, 0.4) is 0 Å². The zero-order valence-electron chi connectivity index (χ0n) is 31.5. The molecule has 11 rings (SSSR count). The second kappa shape index (κ2) is 13.2. The van der Waals surface area contributed by atoms with E-state index in [4.69, 9.17) is 0 Å². The zero-order chi connectivity index (χ0) is 37.8. The third-order valence-corrected chi connectivity index (χ3v) is 12.4. The van der Waals surface area contributed by atoms with Gasteiger partial charge in [-0.15, -0.1) is 0 Å². The van der Waals surface area contributed by atoms with Gasteiger partial charge in [-0.2, -0.15) is 0 Å². The monoisotopic (exact) mass is 725 g/mol. The quantitative estimate of drug-likeness (QED) is 0.158. The Hall–Kier alpha value is -7.22. The first kappa shape index (κ1) is 33.1. The molecule has 57 heavy (non-hydrogen) atoms. The van der Waals surface area contributed by atoms with Gasteiger partial charge in [0, 0.05) is 16.9 Å². The normalized spacial score (nSPS) is 13.9. The Kier molecular flexibility index (Phi) is 7.69. The zero-order valence-corrected chi connectivity index (χ0v) is 31.5. The Bertz CT molecular complexity index is 2790. The molecule has 2 aliphatic carbocycles. The maximum Gasteiger partial charge on any atom is 0.0714 e. The van der Waals surface area contributed by atoms with Crippen molar-refractivity contribution in [2.24, 2.45) is 0 Å². The lowest BCUT2D eigenvalue weighted by molar-refractivity contribution is 0.768. The first-order valence-electron chi connectivity index (χ1n) is 19.9. The lowest BCUT2D eigenvalue weighted by Gasteiger charge is -2.35. The molecule has 9 aromatic rings. The molecule has 0 saturated carbocycles. The average molecular weight is 726 g/mol. The van der Waals surface area contributed by atoms with E-state index >= 15 is 0 Å². The summed E-state index contributed by atoms with van der Waals surface area (Å²) in [5.74, 6) is 0. The Morgan fingerprint density at radius 3 is 1.11 bits per heavy atom. The third-order valence-electron chi connectivity index (χ3n) is 12.4. The van der Waals surface area contributed by atoms with Crippen LogP contribution in [0.1, 0.15) is 44.5 Å². The first-order valence-corrected chi connectivity index (χ1v) is 19.9. The van der Waals surface area contributed by atoms with Crippen molar-refractivity contribution in [2.75, 3.05) is 4.90 Å². The third kappa shape index (κ3) is 4.76. The van der Waals surface area contributed by atoms with Crippen molar-refractivity contribution in [3.8, 4) is 22.3 Å². The summed E-state index contributed by atoms with van der Waals surface area (Å²) in [6.07, 6.45) is 0. The number of hydrogen-bond donors (Lipinski definition) is 0. The van der Waals surface area contributed by atoms with Crippen LogP contribution in [-0.2, 0) is 10.8 Å². The van der Waals surface area contributed by atoms with Gasteiger partial charge in [0.15, 0.2) is 0 Å². The Morgan fingerprint density at radius 2 is 0.596 bits per heavy atom. The Labute approximate surface area is 334 Å². The highest BCUT2D eigenvalue weighted by Gasteiger charge is 2.48. The van der Waals surface area contributed by atoms with Crippen LogP contribution < -0.4 is 4.90 Å². The molecule has 268 valence electrons. The molecule has 0 fully saturated rings. The highest BCUT2D eigenvalue weighted by Crippen LogP contribution is 2.60. The largest absolute Gasteiger partial charge is 0.310 e. The van der Waals surface area contributed by atoms with Crippen molar-refractivity contribution in [3.63, 3.8) is 0 Å². The van der Waals surface area contributed by atoms with Gasteiger partial charge in [-0.1, -0.05) is 206 Å². The van der Waals surface area contributed by atoms with Gasteiger partial charge in [-0.05, 0) is 91.5 Å². The number of rotatable bonds is 7. The van der Waals surface area contributed by atoms with E-state index in [1.807, 2.05) is 0 Å². The summed E-state index contributed by atoms with van der Waals surface area (Å²) in [6, 6.07) is 87.2. The number of benzene rings is 9. The molecule has 0 radical (unpaired) electrons. The van der Waals surface area contributed by atoms with Crippen molar-refractivity contribution in [2.45, 2.75) is 10.8 Å². The summed E-state index contributed by atoms with van der Waals surface area (Å²) >= 11 is 0. The lowest BCUT2D eigenvalue weighted by atomic mass is 9.67. The Balaban J connectivity index is 1.15.